The second-order valence-electron chi connectivity index (χ2n) is 4.87. The van der Waals surface area contributed by atoms with Gasteiger partial charge >= 0.3 is 5.97 Å². The first kappa shape index (κ1) is 14.4. The molecule has 1 aliphatic carbocycles. The Morgan fingerprint density at radius 2 is 2.05 bits per heavy atom. The predicted molar refractivity (Wildman–Crippen MR) is 73.9 cm³/mol. The summed E-state index contributed by atoms with van der Waals surface area (Å²) in [5.41, 5.74) is 2.64. The number of benzene rings is 1. The van der Waals surface area contributed by atoms with Gasteiger partial charge in [-0.25, -0.2) is 0 Å². The number of ether oxygens (including phenoxy) is 1. The summed E-state index contributed by atoms with van der Waals surface area (Å²) in [5, 5.41) is 8.72. The molecule has 0 aliphatic heterocycles. The van der Waals surface area contributed by atoms with Gasteiger partial charge in [-0.2, -0.15) is 0 Å². The fourth-order valence-corrected chi connectivity index (χ4v) is 2.41. The van der Waals surface area contributed by atoms with Crippen LogP contribution in [0, 0.1) is 0 Å². The molecule has 0 bridgehead atoms. The lowest BCUT2D eigenvalue weighted by Crippen LogP contribution is -2.38. The Labute approximate surface area is 118 Å². The zero-order valence-electron chi connectivity index (χ0n) is 11.6. The SMILES string of the molecule is CCN(CC(=O)O)C(=O)COc1ccc2c(c1)CCC2. The van der Waals surface area contributed by atoms with E-state index in [-0.39, 0.29) is 19.1 Å². The molecule has 5 nitrogen and oxygen atoms in total. The summed E-state index contributed by atoms with van der Waals surface area (Å²) in [4.78, 5) is 23.8. The molecule has 1 aromatic rings. The number of carbonyl (C=O) groups is 2. The van der Waals surface area contributed by atoms with Gasteiger partial charge in [-0.15, -0.1) is 0 Å². The van der Waals surface area contributed by atoms with Crippen molar-refractivity contribution in [1.29, 1.82) is 0 Å². The third-order valence-corrected chi connectivity index (χ3v) is 3.49. The van der Waals surface area contributed by atoms with Crippen molar-refractivity contribution in [1.82, 2.24) is 4.90 Å². The van der Waals surface area contributed by atoms with Gasteiger partial charge in [-0.05, 0) is 49.4 Å². The number of aliphatic carboxylic acids is 1. The normalized spacial score (nSPS) is 12.8. The average molecular weight is 277 g/mol. The van der Waals surface area contributed by atoms with Crippen LogP contribution in [0.25, 0.3) is 0 Å². The predicted octanol–water partition coefficient (Wildman–Crippen LogP) is 1.49. The molecule has 1 N–H and O–H groups in total. The van der Waals surface area contributed by atoms with Crippen LogP contribution in [0.5, 0.6) is 5.75 Å². The van der Waals surface area contributed by atoms with Crippen molar-refractivity contribution in [2.24, 2.45) is 0 Å². The Bertz CT molecular complexity index is 513. The molecule has 1 aliphatic rings. The highest BCUT2D eigenvalue weighted by atomic mass is 16.5. The molecule has 1 aromatic carbocycles. The number of hydrogen-bond donors (Lipinski definition) is 1. The van der Waals surface area contributed by atoms with Crippen molar-refractivity contribution >= 4 is 11.9 Å². The van der Waals surface area contributed by atoms with E-state index in [1.165, 1.54) is 22.4 Å². The van der Waals surface area contributed by atoms with Crippen molar-refractivity contribution in [2.75, 3.05) is 19.7 Å². The quantitative estimate of drug-likeness (QED) is 0.855. The molecule has 0 atom stereocenters. The van der Waals surface area contributed by atoms with Gasteiger partial charge in [-0.1, -0.05) is 6.07 Å². The van der Waals surface area contributed by atoms with Crippen molar-refractivity contribution in [3.63, 3.8) is 0 Å². The first-order chi connectivity index (χ1) is 9.60. The molecule has 0 saturated heterocycles. The van der Waals surface area contributed by atoms with Gasteiger partial charge in [0.1, 0.15) is 12.3 Å². The topological polar surface area (TPSA) is 66.8 Å². The van der Waals surface area contributed by atoms with Crippen molar-refractivity contribution < 1.29 is 19.4 Å². The lowest BCUT2D eigenvalue weighted by molar-refractivity contribution is -0.145. The number of carboxylic acid groups (broad SMARTS) is 1. The molecule has 5 heteroatoms. The van der Waals surface area contributed by atoms with E-state index < -0.39 is 5.97 Å². The van der Waals surface area contributed by atoms with E-state index in [2.05, 4.69) is 0 Å². The van der Waals surface area contributed by atoms with Gasteiger partial charge in [0.25, 0.3) is 5.91 Å². The van der Waals surface area contributed by atoms with Crippen molar-refractivity contribution in [2.45, 2.75) is 26.2 Å². The molecule has 1 amide bonds. The third-order valence-electron chi connectivity index (χ3n) is 3.49. The van der Waals surface area contributed by atoms with Gasteiger partial charge < -0.3 is 14.7 Å². The monoisotopic (exact) mass is 277 g/mol. The first-order valence-electron chi connectivity index (χ1n) is 6.84. The minimum absolute atomic E-state index is 0.125. The average Bonchev–Trinajstić information content (AvgIpc) is 2.89. The summed E-state index contributed by atoms with van der Waals surface area (Å²) in [7, 11) is 0. The zero-order chi connectivity index (χ0) is 14.5. The Morgan fingerprint density at radius 3 is 2.75 bits per heavy atom. The second kappa shape index (κ2) is 6.41. The minimum atomic E-state index is -1.02. The van der Waals surface area contributed by atoms with Crippen LogP contribution in [-0.2, 0) is 22.4 Å². The van der Waals surface area contributed by atoms with E-state index >= 15 is 0 Å². The lowest BCUT2D eigenvalue weighted by Gasteiger charge is -2.18. The van der Waals surface area contributed by atoms with E-state index in [4.69, 9.17) is 9.84 Å². The summed E-state index contributed by atoms with van der Waals surface area (Å²) >= 11 is 0. The van der Waals surface area contributed by atoms with Crippen molar-refractivity contribution in [3.8, 4) is 5.75 Å². The number of fused-ring (bicyclic) bond motifs is 1. The Kier molecular flexibility index (Phi) is 4.61. The minimum Gasteiger partial charge on any atom is -0.484 e. The van der Waals surface area contributed by atoms with Gasteiger partial charge in [0.05, 0.1) is 0 Å². The largest absolute Gasteiger partial charge is 0.484 e. The summed E-state index contributed by atoms with van der Waals surface area (Å²) in [6, 6.07) is 5.88. The number of nitrogens with zero attached hydrogens (tertiary/aromatic N) is 1. The second-order valence-corrected chi connectivity index (χ2v) is 4.87. The fraction of sp³-hybridized carbons (Fsp3) is 0.467. The number of hydrogen-bond acceptors (Lipinski definition) is 3. The number of carboxylic acids is 1. The van der Waals surface area contributed by atoms with Crippen LogP contribution in [0.3, 0.4) is 0 Å². The standard InChI is InChI=1S/C15H19NO4/c1-2-16(9-15(18)19)14(17)10-20-13-7-6-11-4-3-5-12(11)8-13/h6-8H,2-5,9-10H2,1H3,(H,18,19). The molecule has 0 heterocycles. The Balaban J connectivity index is 1.91. The summed E-state index contributed by atoms with van der Waals surface area (Å²) in [5.74, 6) is -0.654. The molecule has 0 unspecified atom stereocenters. The van der Waals surface area contributed by atoms with E-state index in [9.17, 15) is 9.59 Å². The summed E-state index contributed by atoms with van der Waals surface area (Å²) < 4.78 is 5.47. The van der Waals surface area contributed by atoms with E-state index in [0.717, 1.165) is 12.8 Å². The number of amides is 1. The Morgan fingerprint density at radius 1 is 1.30 bits per heavy atom. The molecule has 0 saturated carbocycles. The molecule has 0 spiro atoms. The van der Waals surface area contributed by atoms with Gasteiger partial charge in [-0.3, -0.25) is 9.59 Å². The van der Waals surface area contributed by atoms with Crippen LogP contribution in [0.15, 0.2) is 18.2 Å². The van der Waals surface area contributed by atoms with Gasteiger partial charge in [0.2, 0.25) is 0 Å². The maximum Gasteiger partial charge on any atom is 0.323 e. The number of likely N-dealkylation sites (N-methyl/N-ethyl adjacent to an activating group) is 1. The molecule has 2 rings (SSSR count). The summed E-state index contributed by atoms with van der Waals surface area (Å²) in [6.07, 6.45) is 3.33. The molecule has 20 heavy (non-hydrogen) atoms. The highest BCUT2D eigenvalue weighted by molar-refractivity contribution is 5.82. The number of carbonyl (C=O) groups excluding carboxylic acids is 1. The first-order valence-corrected chi connectivity index (χ1v) is 6.84. The molecule has 0 fully saturated rings. The van der Waals surface area contributed by atoms with E-state index in [1.54, 1.807) is 6.92 Å². The lowest BCUT2D eigenvalue weighted by atomic mass is 10.1. The van der Waals surface area contributed by atoms with Crippen LogP contribution in [-0.4, -0.2) is 41.6 Å². The van der Waals surface area contributed by atoms with Crippen LogP contribution < -0.4 is 4.74 Å². The maximum absolute atomic E-state index is 11.9. The van der Waals surface area contributed by atoms with E-state index in [0.29, 0.717) is 12.3 Å². The van der Waals surface area contributed by atoms with Crippen LogP contribution in [0.4, 0.5) is 0 Å². The molecule has 0 aromatic heterocycles. The highest BCUT2D eigenvalue weighted by Gasteiger charge is 2.16. The number of rotatable bonds is 6. The smallest absolute Gasteiger partial charge is 0.323 e. The Hall–Kier alpha value is -2.04. The van der Waals surface area contributed by atoms with Crippen LogP contribution in [0.1, 0.15) is 24.5 Å². The van der Waals surface area contributed by atoms with E-state index in [1.807, 2.05) is 18.2 Å². The van der Waals surface area contributed by atoms with Crippen molar-refractivity contribution in [3.05, 3.63) is 29.3 Å². The molecular weight excluding hydrogens is 258 g/mol. The zero-order valence-corrected chi connectivity index (χ0v) is 11.6. The van der Waals surface area contributed by atoms with Gasteiger partial charge in [0, 0.05) is 6.54 Å². The third kappa shape index (κ3) is 3.50. The van der Waals surface area contributed by atoms with Crippen LogP contribution in [0.2, 0.25) is 0 Å². The fourth-order valence-electron chi connectivity index (χ4n) is 2.41. The highest BCUT2D eigenvalue weighted by Crippen LogP contribution is 2.25. The number of aryl methyl sites for hydroxylation is 2. The molecule has 0 radical (unpaired) electrons. The van der Waals surface area contributed by atoms with Gasteiger partial charge in [0.15, 0.2) is 6.61 Å². The maximum atomic E-state index is 11.9. The van der Waals surface area contributed by atoms with Crippen LogP contribution >= 0.6 is 0 Å². The summed E-state index contributed by atoms with van der Waals surface area (Å²) in [6.45, 7) is 1.69. The molecule has 108 valence electrons. The molecular formula is C15H19NO4.